The average molecular weight is 695 g/mol. The highest BCUT2D eigenvalue weighted by Crippen LogP contribution is 2.37. The minimum Gasteiger partial charge on any atom is -0.394 e. The van der Waals surface area contributed by atoms with E-state index in [1.54, 1.807) is 0 Å². The minimum atomic E-state index is -2.05. The zero-order chi connectivity index (χ0) is 35.1. The summed E-state index contributed by atoms with van der Waals surface area (Å²) in [6.45, 7) is 0.542. The highest BCUT2D eigenvalue weighted by Gasteiger charge is 2.52. The summed E-state index contributed by atoms with van der Waals surface area (Å²) in [5.41, 5.74) is 29.8. The number of rotatable bonds is 14. The number of nitrogens with two attached hydrogens (primary N) is 5. The van der Waals surface area contributed by atoms with Gasteiger partial charge in [-0.25, -0.2) is 4.39 Å². The van der Waals surface area contributed by atoms with E-state index in [2.05, 4.69) is 15.6 Å². The second-order valence-electron chi connectivity index (χ2n) is 13.2. The van der Waals surface area contributed by atoms with Gasteiger partial charge in [0.1, 0.15) is 30.5 Å². The summed E-state index contributed by atoms with van der Waals surface area (Å²) in [5.74, 6) is -1.61. The molecular formula is C29H55FN8O10. The Kier molecular flexibility index (Phi) is 14.7. The number of guanidine groups is 1. The largest absolute Gasteiger partial charge is 0.394 e. The standard InChI is InChI=1S/C29H55FN8O10/c30-21-25(47-28-24(44)22(23(43)20(11-39)46-28)38-29(35)37-10-13-2-1-5-36-13)12(7-17(41)16(40)3-4-31)6-14(33)26(21)48-27-15(34)8-18(42)19(9-32)45-27/h12-16,18-28,36,39-40,42-44H,1-11,31-34H2,(H3,35,37,38)/t12-,13-,14?,15?,16-,18-,19?,20+,21+,22?,23+,24+,25?,26+,27+,28?/m0/s1. The molecule has 0 amide bonds. The number of halogens is 1. The van der Waals surface area contributed by atoms with Crippen molar-refractivity contribution in [1.29, 1.82) is 0 Å². The molecule has 1 saturated carbocycles. The summed E-state index contributed by atoms with van der Waals surface area (Å²) in [5, 5.41) is 58.8. The van der Waals surface area contributed by atoms with Gasteiger partial charge >= 0.3 is 0 Å². The van der Waals surface area contributed by atoms with Crippen LogP contribution in [0.3, 0.4) is 0 Å². The molecule has 3 heterocycles. The van der Waals surface area contributed by atoms with Crippen molar-refractivity contribution in [1.82, 2.24) is 10.6 Å². The summed E-state index contributed by atoms with van der Waals surface area (Å²) in [7, 11) is 0. The Balaban J connectivity index is 1.55. The number of carbonyl (C=O) groups is 1. The molecule has 6 unspecified atom stereocenters. The monoisotopic (exact) mass is 694 g/mol. The van der Waals surface area contributed by atoms with Crippen molar-refractivity contribution in [2.24, 2.45) is 39.6 Å². The summed E-state index contributed by atoms with van der Waals surface area (Å²) in [4.78, 5) is 17.2. The van der Waals surface area contributed by atoms with Gasteiger partial charge in [0.2, 0.25) is 0 Å². The van der Waals surface area contributed by atoms with Gasteiger partial charge in [-0.05, 0) is 51.1 Å². The number of carbonyl (C=O) groups excluding carboxylic acids is 1. The minimum absolute atomic E-state index is 0.00730. The summed E-state index contributed by atoms with van der Waals surface area (Å²) in [6, 6.07) is -2.96. The maximum Gasteiger partial charge on any atom is 0.189 e. The molecule has 4 aliphatic rings. The molecule has 278 valence electrons. The van der Waals surface area contributed by atoms with Crippen molar-refractivity contribution < 1.29 is 53.7 Å². The Hall–Kier alpha value is -1.69. The van der Waals surface area contributed by atoms with E-state index in [0.29, 0.717) is 6.54 Å². The third-order valence-electron chi connectivity index (χ3n) is 9.62. The fraction of sp³-hybridized carbons (Fsp3) is 0.931. The van der Waals surface area contributed by atoms with E-state index in [9.17, 15) is 30.3 Å². The Morgan fingerprint density at radius 2 is 1.75 bits per heavy atom. The lowest BCUT2D eigenvalue weighted by Crippen LogP contribution is -2.67. The van der Waals surface area contributed by atoms with Crippen molar-refractivity contribution in [3.8, 4) is 0 Å². The molecule has 19 heteroatoms. The molecule has 3 aliphatic heterocycles. The second-order valence-corrected chi connectivity index (χ2v) is 13.2. The van der Waals surface area contributed by atoms with Crippen molar-refractivity contribution >= 4 is 11.7 Å². The summed E-state index contributed by atoms with van der Waals surface area (Å²) < 4.78 is 40.1. The maximum atomic E-state index is 16.7. The fourth-order valence-electron chi connectivity index (χ4n) is 6.84. The molecule has 0 spiro atoms. The van der Waals surface area contributed by atoms with E-state index in [0.717, 1.165) is 19.4 Å². The zero-order valence-corrected chi connectivity index (χ0v) is 27.0. The Bertz CT molecular complexity index is 1050. The van der Waals surface area contributed by atoms with E-state index in [-0.39, 0.29) is 50.8 Å². The molecule has 17 N–H and O–H groups in total. The number of Topliss-reactive ketones (excluding diaryl/α,β-unsaturated/α-hetero) is 1. The molecule has 0 bridgehead atoms. The van der Waals surface area contributed by atoms with Gasteiger partial charge in [-0.3, -0.25) is 9.79 Å². The van der Waals surface area contributed by atoms with Crippen LogP contribution in [0.2, 0.25) is 0 Å². The molecule has 1 aliphatic carbocycles. The molecular weight excluding hydrogens is 639 g/mol. The number of ketones is 1. The van der Waals surface area contributed by atoms with Crippen LogP contribution in [0, 0.1) is 5.92 Å². The highest BCUT2D eigenvalue weighted by atomic mass is 19.1. The number of alkyl halides is 1. The van der Waals surface area contributed by atoms with Gasteiger partial charge in [0, 0.05) is 25.0 Å². The number of nitrogens with one attached hydrogen (secondary N) is 2. The van der Waals surface area contributed by atoms with Crippen LogP contribution in [0.25, 0.3) is 0 Å². The summed E-state index contributed by atoms with van der Waals surface area (Å²) >= 11 is 0. The predicted molar refractivity (Wildman–Crippen MR) is 169 cm³/mol. The third-order valence-corrected chi connectivity index (χ3v) is 9.62. The van der Waals surface area contributed by atoms with Crippen LogP contribution in [0.15, 0.2) is 4.99 Å². The lowest BCUT2D eigenvalue weighted by atomic mass is 9.77. The number of aliphatic hydroxyl groups is 5. The van der Waals surface area contributed by atoms with Crippen LogP contribution in [0.4, 0.5) is 4.39 Å². The number of aliphatic imine (C=N–C) groups is 1. The van der Waals surface area contributed by atoms with Crippen LogP contribution in [-0.2, 0) is 23.7 Å². The number of hydrogen-bond acceptors (Lipinski definition) is 16. The quantitative estimate of drug-likeness (QED) is 0.0595. The van der Waals surface area contributed by atoms with Crippen LogP contribution >= 0.6 is 0 Å². The molecule has 0 aromatic carbocycles. The molecule has 3 saturated heterocycles. The third kappa shape index (κ3) is 9.55. The first kappa shape index (κ1) is 39.1. The molecule has 48 heavy (non-hydrogen) atoms. The van der Waals surface area contributed by atoms with E-state index < -0.39 is 104 Å². The lowest BCUT2D eigenvalue weighted by Gasteiger charge is -2.48. The topological polar surface area (TPSA) is 322 Å². The lowest BCUT2D eigenvalue weighted by molar-refractivity contribution is -0.315. The maximum absolute atomic E-state index is 16.7. The highest BCUT2D eigenvalue weighted by molar-refractivity contribution is 5.83. The number of nitrogens with zero attached hydrogens (tertiary/aromatic N) is 1. The molecule has 0 aromatic rings. The van der Waals surface area contributed by atoms with Crippen LogP contribution < -0.4 is 39.3 Å². The molecule has 4 rings (SSSR count). The normalized spacial score (nSPS) is 43.2. The smallest absolute Gasteiger partial charge is 0.189 e. The van der Waals surface area contributed by atoms with Gasteiger partial charge < -0.3 is 83.8 Å². The fourth-order valence-corrected chi connectivity index (χ4v) is 6.84. The van der Waals surface area contributed by atoms with E-state index in [1.165, 1.54) is 0 Å². The van der Waals surface area contributed by atoms with Gasteiger partial charge in [0.25, 0.3) is 0 Å². The first-order chi connectivity index (χ1) is 22.9. The number of ether oxygens (including phenoxy) is 4. The average Bonchev–Trinajstić information content (AvgIpc) is 3.58. The number of aliphatic hydroxyl groups excluding tert-OH is 5. The number of hydrogen-bond donors (Lipinski definition) is 12. The molecule has 4 fully saturated rings. The van der Waals surface area contributed by atoms with Gasteiger partial charge in [-0.2, -0.15) is 0 Å². The molecule has 0 radical (unpaired) electrons. The SMILES string of the molecule is NCC[C@H](O)C(=O)C[C@@H]1CC(N)[C@@H](O[C@H]2OC(CN)[C@@H](O)CC2N)[C@H](F)C1OC1O[C@H](CO)[C@@H](O)C(NC(N)=NC[C@@H]2CCCN2)[C@H]1O. The van der Waals surface area contributed by atoms with Crippen molar-refractivity contribution in [2.45, 2.75) is 130 Å². The van der Waals surface area contributed by atoms with Gasteiger partial charge in [0.15, 0.2) is 30.5 Å². The van der Waals surface area contributed by atoms with E-state index in [4.69, 9.17) is 47.6 Å². The van der Waals surface area contributed by atoms with Crippen LogP contribution in [-0.4, -0.2) is 162 Å². The summed E-state index contributed by atoms with van der Waals surface area (Å²) in [6.07, 6.45) is -13.7. The zero-order valence-electron chi connectivity index (χ0n) is 27.0. The van der Waals surface area contributed by atoms with Gasteiger partial charge in [0.05, 0.1) is 43.5 Å². The van der Waals surface area contributed by atoms with E-state index in [1.807, 2.05) is 0 Å². The van der Waals surface area contributed by atoms with Crippen LogP contribution in [0.5, 0.6) is 0 Å². The van der Waals surface area contributed by atoms with Crippen molar-refractivity contribution in [3.63, 3.8) is 0 Å². The van der Waals surface area contributed by atoms with Crippen LogP contribution in [0.1, 0.15) is 38.5 Å². The van der Waals surface area contributed by atoms with Crippen molar-refractivity contribution in [3.05, 3.63) is 0 Å². The first-order valence-corrected chi connectivity index (χ1v) is 16.7. The van der Waals surface area contributed by atoms with Gasteiger partial charge in [-0.1, -0.05) is 0 Å². The molecule has 16 atom stereocenters. The molecule has 18 nitrogen and oxygen atoms in total. The predicted octanol–water partition coefficient (Wildman–Crippen LogP) is -5.66. The Morgan fingerprint density at radius 3 is 2.40 bits per heavy atom. The first-order valence-electron chi connectivity index (χ1n) is 16.7. The Morgan fingerprint density at radius 1 is 1.04 bits per heavy atom. The molecule has 0 aromatic heterocycles. The Labute approximate surface area is 278 Å². The van der Waals surface area contributed by atoms with E-state index >= 15 is 4.39 Å². The van der Waals surface area contributed by atoms with Gasteiger partial charge in [-0.15, -0.1) is 0 Å². The second kappa shape index (κ2) is 18.0. The van der Waals surface area contributed by atoms with Crippen molar-refractivity contribution in [2.75, 3.05) is 32.8 Å².